The van der Waals surface area contributed by atoms with Crippen molar-refractivity contribution in [3.63, 3.8) is 0 Å². The predicted octanol–water partition coefficient (Wildman–Crippen LogP) is 2.93. The molecule has 1 aliphatic carbocycles. The van der Waals surface area contributed by atoms with Crippen LogP contribution in [0, 0.1) is 0 Å². The molecule has 0 bridgehead atoms. The van der Waals surface area contributed by atoms with Gasteiger partial charge in [0.1, 0.15) is 0 Å². The lowest BCUT2D eigenvalue weighted by molar-refractivity contribution is -0.121. The summed E-state index contributed by atoms with van der Waals surface area (Å²) in [6, 6.07) is 4.94. The SMILES string of the molecule is CC(=O)Nc1ccc(NC(=O)C2(N)CCCC2)cc1Cl.Cl. The highest BCUT2D eigenvalue weighted by Crippen LogP contribution is 2.30. The molecule has 0 atom stereocenters. The summed E-state index contributed by atoms with van der Waals surface area (Å²) >= 11 is 6.05. The first kappa shape index (κ1) is 17.8. The molecule has 0 heterocycles. The van der Waals surface area contributed by atoms with E-state index >= 15 is 0 Å². The van der Waals surface area contributed by atoms with Crippen molar-refractivity contribution in [1.29, 1.82) is 0 Å². The highest BCUT2D eigenvalue weighted by atomic mass is 35.5. The summed E-state index contributed by atoms with van der Waals surface area (Å²) in [7, 11) is 0. The molecule has 1 fully saturated rings. The molecule has 1 aliphatic rings. The Bertz CT molecular complexity index is 543. The number of amides is 2. The highest BCUT2D eigenvalue weighted by molar-refractivity contribution is 6.34. The zero-order chi connectivity index (χ0) is 14.8. The monoisotopic (exact) mass is 331 g/mol. The minimum atomic E-state index is -0.775. The van der Waals surface area contributed by atoms with E-state index in [-0.39, 0.29) is 24.2 Å². The van der Waals surface area contributed by atoms with Crippen molar-refractivity contribution in [2.75, 3.05) is 10.6 Å². The van der Waals surface area contributed by atoms with Crippen LogP contribution in [0.1, 0.15) is 32.6 Å². The Morgan fingerprint density at radius 1 is 1.24 bits per heavy atom. The van der Waals surface area contributed by atoms with E-state index < -0.39 is 5.54 Å². The van der Waals surface area contributed by atoms with Gasteiger partial charge in [-0.1, -0.05) is 24.4 Å². The van der Waals surface area contributed by atoms with Crippen molar-refractivity contribution >= 4 is 47.2 Å². The van der Waals surface area contributed by atoms with Crippen molar-refractivity contribution in [2.45, 2.75) is 38.1 Å². The van der Waals surface area contributed by atoms with E-state index in [1.165, 1.54) is 6.92 Å². The maximum atomic E-state index is 12.2. The summed E-state index contributed by atoms with van der Waals surface area (Å²) in [4.78, 5) is 23.1. The van der Waals surface area contributed by atoms with Crippen molar-refractivity contribution in [2.24, 2.45) is 5.73 Å². The summed E-state index contributed by atoms with van der Waals surface area (Å²) in [5.74, 6) is -0.381. The summed E-state index contributed by atoms with van der Waals surface area (Å²) in [5.41, 5.74) is 6.40. The fraction of sp³-hybridized carbons (Fsp3) is 0.429. The fourth-order valence-electron chi connectivity index (χ4n) is 2.37. The molecular weight excluding hydrogens is 313 g/mol. The van der Waals surface area contributed by atoms with Gasteiger partial charge in [0.2, 0.25) is 11.8 Å². The van der Waals surface area contributed by atoms with Gasteiger partial charge in [0.25, 0.3) is 0 Å². The second-order valence-corrected chi connectivity index (χ2v) is 5.60. The average molecular weight is 332 g/mol. The number of carbonyl (C=O) groups is 2. The molecule has 2 amide bonds. The van der Waals surface area contributed by atoms with Crippen molar-refractivity contribution in [3.8, 4) is 0 Å². The van der Waals surface area contributed by atoms with Crippen LogP contribution >= 0.6 is 24.0 Å². The Hall–Kier alpha value is -1.30. The number of benzene rings is 1. The Kier molecular flexibility index (Phi) is 6.01. The minimum absolute atomic E-state index is 0. The van der Waals surface area contributed by atoms with Crippen molar-refractivity contribution in [3.05, 3.63) is 23.2 Å². The molecule has 1 saturated carbocycles. The maximum Gasteiger partial charge on any atom is 0.244 e. The number of rotatable bonds is 3. The number of nitrogens with two attached hydrogens (primary N) is 1. The number of hydrogen-bond acceptors (Lipinski definition) is 3. The standard InChI is InChI=1S/C14H18ClN3O2.ClH/c1-9(19)17-12-5-4-10(8-11(12)15)18-13(20)14(16)6-2-3-7-14;/h4-5,8H,2-3,6-7,16H2,1H3,(H,17,19)(H,18,20);1H. The first-order valence-corrected chi connectivity index (χ1v) is 6.96. The molecule has 0 aromatic heterocycles. The second-order valence-electron chi connectivity index (χ2n) is 5.19. The van der Waals surface area contributed by atoms with Crippen LogP contribution in [0.15, 0.2) is 18.2 Å². The molecular formula is C14H19Cl2N3O2. The van der Waals surface area contributed by atoms with Gasteiger partial charge in [0.05, 0.1) is 16.2 Å². The van der Waals surface area contributed by atoms with Gasteiger partial charge in [-0.25, -0.2) is 0 Å². The van der Waals surface area contributed by atoms with Crippen LogP contribution in [0.5, 0.6) is 0 Å². The molecule has 4 N–H and O–H groups in total. The van der Waals surface area contributed by atoms with E-state index in [9.17, 15) is 9.59 Å². The lowest BCUT2D eigenvalue weighted by atomic mass is 9.98. The van der Waals surface area contributed by atoms with Crippen molar-refractivity contribution < 1.29 is 9.59 Å². The third-order valence-corrected chi connectivity index (χ3v) is 3.80. The third-order valence-electron chi connectivity index (χ3n) is 3.49. The van der Waals surface area contributed by atoms with Gasteiger partial charge in [-0.3, -0.25) is 9.59 Å². The third kappa shape index (κ3) is 4.33. The number of anilines is 2. The van der Waals surface area contributed by atoms with Crippen molar-refractivity contribution in [1.82, 2.24) is 0 Å². The molecule has 0 aliphatic heterocycles. The van der Waals surface area contributed by atoms with Gasteiger partial charge < -0.3 is 16.4 Å². The fourth-order valence-corrected chi connectivity index (χ4v) is 2.60. The van der Waals surface area contributed by atoms with Crippen LogP contribution in [-0.4, -0.2) is 17.4 Å². The molecule has 0 unspecified atom stereocenters. The number of halogens is 2. The highest BCUT2D eigenvalue weighted by Gasteiger charge is 2.36. The summed E-state index contributed by atoms with van der Waals surface area (Å²) in [5, 5.41) is 5.76. The lowest BCUT2D eigenvalue weighted by Gasteiger charge is -2.22. The predicted molar refractivity (Wildman–Crippen MR) is 87.0 cm³/mol. The topological polar surface area (TPSA) is 84.2 Å². The molecule has 5 nitrogen and oxygen atoms in total. The van der Waals surface area contributed by atoms with Crippen LogP contribution in [0.3, 0.4) is 0 Å². The second kappa shape index (κ2) is 7.11. The molecule has 0 spiro atoms. The van der Waals surface area contributed by atoms with Gasteiger partial charge >= 0.3 is 0 Å². The first-order chi connectivity index (χ1) is 9.40. The van der Waals surface area contributed by atoms with Crippen LogP contribution in [0.2, 0.25) is 5.02 Å². The van der Waals surface area contributed by atoms with Gasteiger partial charge in [0, 0.05) is 12.6 Å². The molecule has 2 rings (SSSR count). The van der Waals surface area contributed by atoms with Crippen LogP contribution in [0.4, 0.5) is 11.4 Å². The molecule has 21 heavy (non-hydrogen) atoms. The Labute approximate surface area is 135 Å². The summed E-state index contributed by atoms with van der Waals surface area (Å²) in [6.07, 6.45) is 3.37. The van der Waals surface area contributed by atoms with Crippen LogP contribution < -0.4 is 16.4 Å². The molecule has 0 radical (unpaired) electrons. The first-order valence-electron chi connectivity index (χ1n) is 6.58. The molecule has 1 aromatic carbocycles. The average Bonchev–Trinajstić information content (AvgIpc) is 2.81. The van der Waals surface area contributed by atoms with Gasteiger partial charge in [0.15, 0.2) is 0 Å². The van der Waals surface area contributed by atoms with E-state index in [2.05, 4.69) is 10.6 Å². The van der Waals surface area contributed by atoms with Crippen LogP contribution in [0.25, 0.3) is 0 Å². The summed E-state index contributed by atoms with van der Waals surface area (Å²) < 4.78 is 0. The normalized spacial score (nSPS) is 16.0. The van der Waals surface area contributed by atoms with E-state index in [1.54, 1.807) is 18.2 Å². The van der Waals surface area contributed by atoms with Gasteiger partial charge in [-0.2, -0.15) is 0 Å². The van der Waals surface area contributed by atoms with E-state index in [0.717, 1.165) is 12.8 Å². The lowest BCUT2D eigenvalue weighted by Crippen LogP contribution is -2.48. The number of carbonyl (C=O) groups excluding carboxylic acids is 2. The quantitative estimate of drug-likeness (QED) is 0.796. The minimum Gasteiger partial charge on any atom is -0.325 e. The molecule has 7 heteroatoms. The maximum absolute atomic E-state index is 12.2. The van der Waals surface area contributed by atoms with Crippen LogP contribution in [-0.2, 0) is 9.59 Å². The van der Waals surface area contributed by atoms with E-state index in [0.29, 0.717) is 29.2 Å². The zero-order valence-corrected chi connectivity index (χ0v) is 13.3. The molecule has 116 valence electrons. The Morgan fingerprint density at radius 2 is 1.86 bits per heavy atom. The molecule has 1 aromatic rings. The summed E-state index contributed by atoms with van der Waals surface area (Å²) in [6.45, 7) is 1.41. The Balaban J connectivity index is 0.00000220. The number of hydrogen-bond donors (Lipinski definition) is 3. The van der Waals surface area contributed by atoms with E-state index in [4.69, 9.17) is 17.3 Å². The van der Waals surface area contributed by atoms with E-state index in [1.807, 2.05) is 0 Å². The molecule has 0 saturated heterocycles. The Morgan fingerprint density at radius 3 is 2.38 bits per heavy atom. The largest absolute Gasteiger partial charge is 0.325 e. The number of nitrogens with one attached hydrogen (secondary N) is 2. The smallest absolute Gasteiger partial charge is 0.244 e. The van der Waals surface area contributed by atoms with Gasteiger partial charge in [-0.05, 0) is 31.0 Å². The zero-order valence-electron chi connectivity index (χ0n) is 11.7. The van der Waals surface area contributed by atoms with Gasteiger partial charge in [-0.15, -0.1) is 12.4 Å².